The second kappa shape index (κ2) is 3.18. The van der Waals surface area contributed by atoms with Crippen LogP contribution in [0.1, 0.15) is 19.8 Å². The highest BCUT2D eigenvalue weighted by molar-refractivity contribution is 4.64. The van der Waals surface area contributed by atoms with Crippen LogP contribution in [0.5, 0.6) is 0 Å². The summed E-state index contributed by atoms with van der Waals surface area (Å²) >= 11 is 0. The Morgan fingerprint density at radius 1 is 1.67 bits per heavy atom. The van der Waals surface area contributed by atoms with Gasteiger partial charge in [-0.25, -0.2) is 0 Å². The summed E-state index contributed by atoms with van der Waals surface area (Å²) in [5.41, 5.74) is 0. The fraction of sp³-hybridized carbons (Fsp3) is 1.00. The monoisotopic (exact) mass is 129 g/mol. The van der Waals surface area contributed by atoms with Crippen LogP contribution >= 0.6 is 0 Å². The summed E-state index contributed by atoms with van der Waals surface area (Å²) in [4.78, 5) is 2.27. The molecule has 0 aliphatic carbocycles. The molecule has 0 aromatic heterocycles. The number of hydrogen-bond acceptors (Lipinski definition) is 2. The van der Waals surface area contributed by atoms with Crippen molar-refractivity contribution in [3.05, 3.63) is 0 Å². The van der Waals surface area contributed by atoms with Gasteiger partial charge in [0.25, 0.3) is 0 Å². The van der Waals surface area contributed by atoms with Crippen LogP contribution < -0.4 is 0 Å². The molecule has 1 aliphatic heterocycles. The van der Waals surface area contributed by atoms with Crippen LogP contribution in [0.4, 0.5) is 0 Å². The Morgan fingerprint density at radius 2 is 2.44 bits per heavy atom. The molecule has 0 radical (unpaired) electrons. The number of rotatable bonds is 2. The summed E-state index contributed by atoms with van der Waals surface area (Å²) in [6, 6.07) is 0. The molecule has 0 amide bonds. The van der Waals surface area contributed by atoms with Gasteiger partial charge in [-0.15, -0.1) is 0 Å². The SMILES string of the molecule is CCC[C@H]1OCCN1C. The number of hydrogen-bond donors (Lipinski definition) is 0. The first-order chi connectivity index (χ1) is 4.34. The van der Waals surface area contributed by atoms with Gasteiger partial charge in [0.05, 0.1) is 6.61 Å². The molecule has 0 aromatic carbocycles. The minimum atomic E-state index is 0.412. The minimum absolute atomic E-state index is 0.412. The largest absolute Gasteiger partial charge is 0.362 e. The molecule has 2 heteroatoms. The maximum Gasteiger partial charge on any atom is 0.110 e. The van der Waals surface area contributed by atoms with Crippen LogP contribution in [-0.4, -0.2) is 31.3 Å². The molecular formula is C7H15NO. The van der Waals surface area contributed by atoms with Crippen LogP contribution in [0.2, 0.25) is 0 Å². The molecule has 0 unspecified atom stereocenters. The van der Waals surface area contributed by atoms with E-state index in [0.717, 1.165) is 13.2 Å². The lowest BCUT2D eigenvalue weighted by atomic mass is 10.3. The molecule has 1 heterocycles. The van der Waals surface area contributed by atoms with Crippen molar-refractivity contribution in [3.8, 4) is 0 Å². The molecule has 0 bridgehead atoms. The average molecular weight is 129 g/mol. The zero-order valence-electron chi connectivity index (χ0n) is 6.26. The number of ether oxygens (including phenoxy) is 1. The summed E-state index contributed by atoms with van der Waals surface area (Å²) in [6.45, 7) is 4.21. The average Bonchev–Trinajstić information content (AvgIpc) is 2.18. The summed E-state index contributed by atoms with van der Waals surface area (Å²) < 4.78 is 5.43. The molecule has 0 N–H and O–H groups in total. The zero-order valence-corrected chi connectivity index (χ0v) is 6.26. The molecule has 1 fully saturated rings. The summed E-state index contributed by atoms with van der Waals surface area (Å²) in [5.74, 6) is 0. The second-order valence-corrected chi connectivity index (χ2v) is 2.59. The normalized spacial score (nSPS) is 29.3. The first kappa shape index (κ1) is 7.03. The van der Waals surface area contributed by atoms with Gasteiger partial charge in [-0.1, -0.05) is 13.3 Å². The van der Waals surface area contributed by atoms with E-state index in [1.165, 1.54) is 12.8 Å². The summed E-state index contributed by atoms with van der Waals surface area (Å²) in [5, 5.41) is 0. The molecule has 0 saturated carbocycles. The lowest BCUT2D eigenvalue weighted by Gasteiger charge is -2.16. The Bertz CT molecular complexity index is 85.0. The lowest BCUT2D eigenvalue weighted by molar-refractivity contribution is 0.0388. The van der Waals surface area contributed by atoms with Gasteiger partial charge in [-0.2, -0.15) is 0 Å². The van der Waals surface area contributed by atoms with Crippen molar-refractivity contribution in [2.75, 3.05) is 20.2 Å². The first-order valence-corrected chi connectivity index (χ1v) is 3.66. The Balaban J connectivity index is 2.22. The van der Waals surface area contributed by atoms with Crippen LogP contribution in [-0.2, 0) is 4.74 Å². The van der Waals surface area contributed by atoms with Crippen molar-refractivity contribution in [1.82, 2.24) is 4.90 Å². The molecular weight excluding hydrogens is 114 g/mol. The van der Waals surface area contributed by atoms with Crippen molar-refractivity contribution in [3.63, 3.8) is 0 Å². The Hall–Kier alpha value is -0.0800. The maximum absolute atomic E-state index is 5.43. The summed E-state index contributed by atoms with van der Waals surface area (Å²) in [7, 11) is 2.12. The van der Waals surface area contributed by atoms with Gasteiger partial charge in [0.2, 0.25) is 0 Å². The fourth-order valence-electron chi connectivity index (χ4n) is 1.15. The van der Waals surface area contributed by atoms with Crippen LogP contribution in [0, 0.1) is 0 Å². The van der Waals surface area contributed by atoms with Gasteiger partial charge < -0.3 is 4.74 Å². The molecule has 0 aromatic rings. The third-order valence-corrected chi connectivity index (χ3v) is 1.78. The van der Waals surface area contributed by atoms with E-state index in [1.807, 2.05) is 0 Å². The van der Waals surface area contributed by atoms with Gasteiger partial charge in [-0.3, -0.25) is 4.90 Å². The van der Waals surface area contributed by atoms with E-state index in [9.17, 15) is 0 Å². The molecule has 1 rings (SSSR count). The number of nitrogens with zero attached hydrogens (tertiary/aromatic N) is 1. The highest BCUT2D eigenvalue weighted by atomic mass is 16.5. The van der Waals surface area contributed by atoms with E-state index in [1.54, 1.807) is 0 Å². The van der Waals surface area contributed by atoms with Crippen molar-refractivity contribution >= 4 is 0 Å². The van der Waals surface area contributed by atoms with Crippen LogP contribution in [0.15, 0.2) is 0 Å². The van der Waals surface area contributed by atoms with E-state index in [-0.39, 0.29) is 0 Å². The smallest absolute Gasteiger partial charge is 0.110 e. The number of likely N-dealkylation sites (N-methyl/N-ethyl adjacent to an activating group) is 1. The van der Waals surface area contributed by atoms with E-state index < -0.39 is 0 Å². The highest BCUT2D eigenvalue weighted by Crippen LogP contribution is 2.11. The molecule has 0 spiro atoms. The van der Waals surface area contributed by atoms with Gasteiger partial charge >= 0.3 is 0 Å². The molecule has 1 aliphatic rings. The quantitative estimate of drug-likeness (QED) is 0.553. The Labute approximate surface area is 56.8 Å². The topological polar surface area (TPSA) is 12.5 Å². The van der Waals surface area contributed by atoms with Crippen molar-refractivity contribution in [2.24, 2.45) is 0 Å². The molecule has 2 nitrogen and oxygen atoms in total. The minimum Gasteiger partial charge on any atom is -0.362 e. The predicted molar refractivity (Wildman–Crippen MR) is 37.3 cm³/mol. The van der Waals surface area contributed by atoms with E-state index >= 15 is 0 Å². The molecule has 9 heavy (non-hydrogen) atoms. The van der Waals surface area contributed by atoms with Crippen LogP contribution in [0.25, 0.3) is 0 Å². The molecule has 1 atom stereocenters. The first-order valence-electron chi connectivity index (χ1n) is 3.66. The molecule has 1 saturated heterocycles. The van der Waals surface area contributed by atoms with E-state index in [4.69, 9.17) is 4.74 Å². The molecule has 54 valence electrons. The van der Waals surface area contributed by atoms with Gasteiger partial charge in [0.1, 0.15) is 6.23 Å². The standard InChI is InChI=1S/C7H15NO/c1-3-4-7-8(2)5-6-9-7/h7H,3-6H2,1-2H3/t7-/m1/s1. The van der Waals surface area contributed by atoms with E-state index in [0.29, 0.717) is 6.23 Å². The maximum atomic E-state index is 5.43. The second-order valence-electron chi connectivity index (χ2n) is 2.59. The van der Waals surface area contributed by atoms with Gasteiger partial charge in [-0.05, 0) is 13.5 Å². The van der Waals surface area contributed by atoms with Gasteiger partial charge in [0.15, 0.2) is 0 Å². The Kier molecular flexibility index (Phi) is 2.49. The predicted octanol–water partition coefficient (Wildman–Crippen LogP) is 1.07. The zero-order chi connectivity index (χ0) is 6.69. The third-order valence-electron chi connectivity index (χ3n) is 1.78. The van der Waals surface area contributed by atoms with Crippen molar-refractivity contribution in [2.45, 2.75) is 26.0 Å². The van der Waals surface area contributed by atoms with Crippen molar-refractivity contribution in [1.29, 1.82) is 0 Å². The van der Waals surface area contributed by atoms with Crippen molar-refractivity contribution < 1.29 is 4.74 Å². The highest BCUT2D eigenvalue weighted by Gasteiger charge is 2.19. The van der Waals surface area contributed by atoms with E-state index in [2.05, 4.69) is 18.9 Å². The fourth-order valence-corrected chi connectivity index (χ4v) is 1.15. The Morgan fingerprint density at radius 3 is 2.89 bits per heavy atom. The summed E-state index contributed by atoms with van der Waals surface area (Å²) in [6.07, 6.45) is 2.81. The van der Waals surface area contributed by atoms with Gasteiger partial charge in [0, 0.05) is 6.54 Å². The van der Waals surface area contributed by atoms with Crippen LogP contribution in [0.3, 0.4) is 0 Å². The lowest BCUT2D eigenvalue weighted by Crippen LogP contribution is -2.25. The third kappa shape index (κ3) is 1.66.